The van der Waals surface area contributed by atoms with Gasteiger partial charge in [0, 0.05) is 22.7 Å². The average molecular weight is 433 g/mol. The van der Waals surface area contributed by atoms with Gasteiger partial charge in [0.2, 0.25) is 5.91 Å². The lowest BCUT2D eigenvalue weighted by Gasteiger charge is -2.19. The summed E-state index contributed by atoms with van der Waals surface area (Å²) in [6, 6.07) is 12.2. The van der Waals surface area contributed by atoms with Gasteiger partial charge in [-0.05, 0) is 50.5 Å². The van der Waals surface area contributed by atoms with Crippen molar-refractivity contribution < 1.29 is 19.1 Å². The van der Waals surface area contributed by atoms with E-state index in [9.17, 15) is 14.4 Å². The van der Waals surface area contributed by atoms with Crippen molar-refractivity contribution in [2.24, 2.45) is 0 Å². The number of carbonyl (C=O) groups is 3. The summed E-state index contributed by atoms with van der Waals surface area (Å²) in [5.41, 5.74) is 1.70. The number of thiophene rings is 1. The number of carbonyl (C=O) groups excluding carboxylic acids is 3. The second-order valence-electron chi connectivity index (χ2n) is 7.73. The third kappa shape index (κ3) is 6.33. The largest absolute Gasteiger partial charge is 0.444 e. The van der Waals surface area contributed by atoms with Crippen molar-refractivity contribution in [3.63, 3.8) is 0 Å². The molecule has 1 aliphatic rings. The number of amides is 3. The maximum absolute atomic E-state index is 11.7. The summed E-state index contributed by atoms with van der Waals surface area (Å²) in [5.74, 6) is -0.213. The zero-order valence-electron chi connectivity index (χ0n) is 16.6. The third-order valence-corrected chi connectivity index (χ3v) is 6.25. The number of hydrogen-bond donors (Lipinski definition) is 2. The molecular formula is C21H24N2O4S2. The molecule has 2 N–H and O–H groups in total. The fraction of sp³-hybridized carbons (Fsp3) is 0.381. The van der Waals surface area contributed by atoms with Crippen LogP contribution in [-0.2, 0) is 22.4 Å². The van der Waals surface area contributed by atoms with Gasteiger partial charge in [-0.25, -0.2) is 4.79 Å². The molecule has 2 heterocycles. The van der Waals surface area contributed by atoms with Crippen LogP contribution in [0.25, 0.3) is 10.4 Å². The molecule has 1 aliphatic heterocycles. The predicted molar refractivity (Wildman–Crippen MR) is 116 cm³/mol. The Hall–Kier alpha value is -2.32. The molecule has 1 aromatic heterocycles. The molecular weight excluding hydrogens is 408 g/mol. The van der Waals surface area contributed by atoms with E-state index in [0.29, 0.717) is 19.4 Å². The minimum absolute atomic E-state index is 0.213. The number of benzene rings is 1. The zero-order valence-corrected chi connectivity index (χ0v) is 18.2. The number of ether oxygens (including phenoxy) is 1. The fourth-order valence-electron chi connectivity index (χ4n) is 2.86. The van der Waals surface area contributed by atoms with Crippen LogP contribution < -0.4 is 10.6 Å². The van der Waals surface area contributed by atoms with E-state index in [0.717, 1.165) is 32.6 Å². The van der Waals surface area contributed by atoms with Crippen LogP contribution in [0.2, 0.25) is 0 Å². The second kappa shape index (κ2) is 9.00. The average Bonchev–Trinajstić information content (AvgIpc) is 3.20. The predicted octanol–water partition coefficient (Wildman–Crippen LogP) is 4.38. The summed E-state index contributed by atoms with van der Waals surface area (Å²) < 4.78 is 5.24. The number of thioether (sulfide) groups is 1. The van der Waals surface area contributed by atoms with Crippen molar-refractivity contribution in [1.29, 1.82) is 0 Å². The molecule has 8 heteroatoms. The summed E-state index contributed by atoms with van der Waals surface area (Å²) >= 11 is 2.68. The van der Waals surface area contributed by atoms with Gasteiger partial charge in [0.1, 0.15) is 5.60 Å². The van der Waals surface area contributed by atoms with Crippen LogP contribution in [0, 0.1) is 0 Å². The quantitative estimate of drug-likeness (QED) is 0.708. The van der Waals surface area contributed by atoms with E-state index in [2.05, 4.69) is 16.7 Å². The molecule has 6 nitrogen and oxygen atoms in total. The lowest BCUT2D eigenvalue weighted by atomic mass is 10.1. The first kappa shape index (κ1) is 21.4. The highest BCUT2D eigenvalue weighted by Crippen LogP contribution is 2.32. The molecule has 29 heavy (non-hydrogen) atoms. The van der Waals surface area contributed by atoms with Crippen LogP contribution in [0.15, 0.2) is 36.4 Å². The number of nitrogens with one attached hydrogen (secondary N) is 2. The van der Waals surface area contributed by atoms with E-state index < -0.39 is 11.7 Å². The summed E-state index contributed by atoms with van der Waals surface area (Å²) in [6.45, 7) is 6.00. The van der Waals surface area contributed by atoms with Gasteiger partial charge in [0.25, 0.3) is 5.24 Å². The van der Waals surface area contributed by atoms with Gasteiger partial charge in [-0.2, -0.15) is 0 Å². The van der Waals surface area contributed by atoms with Gasteiger partial charge in [0.05, 0.1) is 5.25 Å². The number of alkyl carbamates (subject to hydrolysis) is 1. The summed E-state index contributed by atoms with van der Waals surface area (Å²) in [7, 11) is 0. The normalized spacial score (nSPS) is 16.6. The third-order valence-electron chi connectivity index (χ3n) is 4.11. The van der Waals surface area contributed by atoms with Crippen molar-refractivity contribution in [1.82, 2.24) is 10.6 Å². The first-order chi connectivity index (χ1) is 13.7. The van der Waals surface area contributed by atoms with E-state index >= 15 is 0 Å². The summed E-state index contributed by atoms with van der Waals surface area (Å²) in [4.78, 5) is 37.0. The van der Waals surface area contributed by atoms with Crippen LogP contribution in [-0.4, -0.2) is 34.6 Å². The highest BCUT2D eigenvalue weighted by molar-refractivity contribution is 8.15. The van der Waals surface area contributed by atoms with Gasteiger partial charge in [0.15, 0.2) is 0 Å². The Labute approximate surface area is 178 Å². The Morgan fingerprint density at radius 2 is 2.00 bits per heavy atom. The number of imide groups is 1. The van der Waals surface area contributed by atoms with Crippen molar-refractivity contribution in [3.05, 3.63) is 46.8 Å². The highest BCUT2D eigenvalue weighted by atomic mass is 32.2. The molecule has 0 bridgehead atoms. The minimum Gasteiger partial charge on any atom is -0.444 e. The Morgan fingerprint density at radius 1 is 1.21 bits per heavy atom. The fourth-order valence-corrected chi connectivity index (χ4v) is 4.86. The Bertz CT molecular complexity index is 917. The smallest absolute Gasteiger partial charge is 0.407 e. The van der Waals surface area contributed by atoms with Crippen LogP contribution in [0.5, 0.6) is 0 Å². The van der Waals surface area contributed by atoms with Crippen molar-refractivity contribution in [3.8, 4) is 10.4 Å². The minimum atomic E-state index is -0.508. The Morgan fingerprint density at radius 3 is 2.69 bits per heavy atom. The molecule has 1 saturated heterocycles. The molecule has 0 aliphatic carbocycles. The SMILES string of the molecule is CC(C)(C)OC(=O)NCCc1cccc(-c2ccc(CC3SC(=O)NC3=O)s2)c1. The molecule has 0 spiro atoms. The van der Waals surface area contributed by atoms with Crippen LogP contribution >= 0.6 is 23.1 Å². The molecule has 3 amide bonds. The molecule has 154 valence electrons. The molecule has 1 fully saturated rings. The Balaban J connectivity index is 1.57. The van der Waals surface area contributed by atoms with E-state index in [1.165, 1.54) is 0 Å². The molecule has 1 atom stereocenters. The van der Waals surface area contributed by atoms with E-state index in [1.807, 2.05) is 51.1 Å². The lowest BCUT2D eigenvalue weighted by molar-refractivity contribution is -0.118. The summed E-state index contributed by atoms with van der Waals surface area (Å²) in [6.07, 6.45) is 0.836. The van der Waals surface area contributed by atoms with Crippen LogP contribution in [0.3, 0.4) is 0 Å². The van der Waals surface area contributed by atoms with E-state index in [4.69, 9.17) is 4.74 Å². The zero-order chi connectivity index (χ0) is 21.0. The van der Waals surface area contributed by atoms with Crippen molar-refractivity contribution >= 4 is 40.3 Å². The Kier molecular flexibility index (Phi) is 6.64. The molecule has 3 rings (SSSR count). The highest BCUT2D eigenvalue weighted by Gasteiger charge is 2.31. The van der Waals surface area contributed by atoms with Gasteiger partial charge in [-0.3, -0.25) is 14.9 Å². The standard InChI is InChI=1S/C21H24N2O4S2/c1-21(2,3)27-19(25)22-10-9-13-5-4-6-14(11-13)16-8-7-15(28-16)12-17-18(24)23-20(26)29-17/h4-8,11,17H,9-10,12H2,1-3H3,(H,22,25)(H,23,24,26). The van der Waals surface area contributed by atoms with Crippen molar-refractivity contribution in [2.75, 3.05) is 6.54 Å². The van der Waals surface area contributed by atoms with Crippen LogP contribution in [0.4, 0.5) is 9.59 Å². The summed E-state index contributed by atoms with van der Waals surface area (Å²) in [5, 5.41) is 4.48. The number of hydrogen-bond acceptors (Lipinski definition) is 6. The maximum Gasteiger partial charge on any atom is 0.407 e. The van der Waals surface area contributed by atoms with Gasteiger partial charge in [-0.1, -0.05) is 36.0 Å². The van der Waals surface area contributed by atoms with E-state index in [1.54, 1.807) is 11.3 Å². The van der Waals surface area contributed by atoms with Crippen molar-refractivity contribution in [2.45, 2.75) is 44.5 Å². The van der Waals surface area contributed by atoms with Gasteiger partial charge in [-0.15, -0.1) is 11.3 Å². The first-order valence-corrected chi connectivity index (χ1v) is 11.1. The number of rotatable bonds is 6. The molecule has 0 saturated carbocycles. The van der Waals surface area contributed by atoms with Crippen LogP contribution in [0.1, 0.15) is 31.2 Å². The van der Waals surface area contributed by atoms with E-state index in [-0.39, 0.29) is 16.4 Å². The molecule has 1 aromatic carbocycles. The van der Waals surface area contributed by atoms with Gasteiger partial charge < -0.3 is 10.1 Å². The lowest BCUT2D eigenvalue weighted by Crippen LogP contribution is -2.33. The topological polar surface area (TPSA) is 84.5 Å². The molecule has 2 aromatic rings. The molecule has 0 radical (unpaired) electrons. The molecule has 1 unspecified atom stereocenters. The monoisotopic (exact) mass is 432 g/mol. The van der Waals surface area contributed by atoms with Gasteiger partial charge >= 0.3 is 6.09 Å². The second-order valence-corrected chi connectivity index (χ2v) is 10.1. The first-order valence-electron chi connectivity index (χ1n) is 9.36. The maximum atomic E-state index is 11.7.